The van der Waals surface area contributed by atoms with E-state index in [-0.39, 0.29) is 30.5 Å². The van der Waals surface area contributed by atoms with Gasteiger partial charge < -0.3 is 15.2 Å². The number of halogens is 1. The van der Waals surface area contributed by atoms with Crippen molar-refractivity contribution < 1.29 is 9.59 Å². The molecule has 2 rings (SSSR count). The smallest absolute Gasteiger partial charge is 0.274 e. The van der Waals surface area contributed by atoms with Crippen LogP contribution < -0.4 is 16.2 Å². The van der Waals surface area contributed by atoms with Gasteiger partial charge in [0.05, 0.1) is 0 Å². The molecule has 6 nitrogen and oxygen atoms in total. The first-order chi connectivity index (χ1) is 11.9. The number of carbonyl (C=O) groups is 2. The summed E-state index contributed by atoms with van der Waals surface area (Å²) in [6.07, 6.45) is 0.273. The molecule has 132 valence electrons. The average molecular weight is 362 g/mol. The maximum atomic E-state index is 12.4. The Morgan fingerprint density at radius 2 is 1.76 bits per heavy atom. The van der Waals surface area contributed by atoms with E-state index in [4.69, 9.17) is 11.6 Å². The summed E-state index contributed by atoms with van der Waals surface area (Å²) in [5.74, 6) is -0.543. The molecule has 7 heteroatoms. The standard InChI is InChI=1S/C18H20ClN3O3/c1-3-16(23)21-15-9-4-12(2)22(18(15)25)11-17(24)20-10-13-5-7-14(19)8-6-13/h4-9H,3,10-11H2,1-2H3,(H,20,24)(H,21,23). The molecule has 0 radical (unpaired) electrons. The molecule has 0 saturated carbocycles. The Balaban J connectivity index is 2.06. The number of hydrogen-bond donors (Lipinski definition) is 2. The van der Waals surface area contributed by atoms with Crippen LogP contribution in [-0.2, 0) is 22.7 Å². The van der Waals surface area contributed by atoms with Gasteiger partial charge in [0, 0.05) is 23.7 Å². The third kappa shape index (κ3) is 5.19. The van der Waals surface area contributed by atoms with Crippen LogP contribution in [0.4, 0.5) is 5.69 Å². The van der Waals surface area contributed by atoms with Gasteiger partial charge in [0.15, 0.2) is 0 Å². The van der Waals surface area contributed by atoms with Gasteiger partial charge in [-0.1, -0.05) is 30.7 Å². The molecule has 0 spiro atoms. The molecule has 0 saturated heterocycles. The summed E-state index contributed by atoms with van der Waals surface area (Å²) < 4.78 is 1.34. The zero-order valence-electron chi connectivity index (χ0n) is 14.1. The Morgan fingerprint density at radius 3 is 2.40 bits per heavy atom. The van der Waals surface area contributed by atoms with E-state index in [1.807, 2.05) is 12.1 Å². The predicted octanol–water partition coefficient (Wildman–Crippen LogP) is 2.48. The van der Waals surface area contributed by atoms with Gasteiger partial charge in [-0.2, -0.15) is 0 Å². The summed E-state index contributed by atoms with van der Waals surface area (Å²) >= 11 is 5.82. The van der Waals surface area contributed by atoms with Gasteiger partial charge in [0.2, 0.25) is 11.8 Å². The van der Waals surface area contributed by atoms with E-state index in [2.05, 4.69) is 10.6 Å². The second-order valence-corrected chi connectivity index (χ2v) is 6.02. The second-order valence-electron chi connectivity index (χ2n) is 5.58. The number of nitrogens with zero attached hydrogens (tertiary/aromatic N) is 1. The maximum absolute atomic E-state index is 12.4. The van der Waals surface area contributed by atoms with E-state index >= 15 is 0 Å². The third-order valence-corrected chi connectivity index (χ3v) is 3.94. The molecular weight excluding hydrogens is 342 g/mol. The summed E-state index contributed by atoms with van der Waals surface area (Å²) in [6, 6.07) is 10.4. The first kappa shape index (κ1) is 18.7. The van der Waals surface area contributed by atoms with Crippen molar-refractivity contribution in [2.45, 2.75) is 33.4 Å². The average Bonchev–Trinajstić information content (AvgIpc) is 2.60. The SMILES string of the molecule is CCC(=O)Nc1ccc(C)n(CC(=O)NCc2ccc(Cl)cc2)c1=O. The molecule has 1 aromatic heterocycles. The fourth-order valence-corrected chi connectivity index (χ4v) is 2.33. The molecule has 0 atom stereocenters. The number of anilines is 1. The van der Waals surface area contributed by atoms with Crippen LogP contribution >= 0.6 is 11.6 Å². The molecule has 0 aliphatic heterocycles. The zero-order chi connectivity index (χ0) is 18.4. The molecule has 0 aliphatic rings. The first-order valence-electron chi connectivity index (χ1n) is 7.92. The van der Waals surface area contributed by atoms with Crippen molar-refractivity contribution in [2.75, 3.05) is 5.32 Å². The van der Waals surface area contributed by atoms with Crippen LogP contribution in [0.1, 0.15) is 24.6 Å². The highest BCUT2D eigenvalue weighted by Crippen LogP contribution is 2.09. The lowest BCUT2D eigenvalue weighted by atomic mass is 10.2. The minimum absolute atomic E-state index is 0.117. The van der Waals surface area contributed by atoms with Gasteiger partial charge in [-0.25, -0.2) is 0 Å². The van der Waals surface area contributed by atoms with Crippen LogP contribution in [0.15, 0.2) is 41.2 Å². The van der Waals surface area contributed by atoms with Gasteiger partial charge >= 0.3 is 0 Å². The van der Waals surface area contributed by atoms with Gasteiger partial charge in [0.1, 0.15) is 12.2 Å². The second kappa shape index (κ2) is 8.48. The molecule has 0 unspecified atom stereocenters. The number of carbonyl (C=O) groups excluding carboxylic acids is 2. The number of aromatic nitrogens is 1. The molecule has 2 aromatic rings. The summed E-state index contributed by atoms with van der Waals surface area (Å²) in [5.41, 5.74) is 1.32. The number of aryl methyl sites for hydroxylation is 1. The highest BCUT2D eigenvalue weighted by molar-refractivity contribution is 6.30. The van der Waals surface area contributed by atoms with Crippen molar-refractivity contribution in [3.05, 3.63) is 63.0 Å². The summed E-state index contributed by atoms with van der Waals surface area (Å²) in [6.45, 7) is 3.66. The predicted molar refractivity (Wildman–Crippen MR) is 97.7 cm³/mol. The summed E-state index contributed by atoms with van der Waals surface area (Å²) in [7, 11) is 0. The largest absolute Gasteiger partial charge is 0.350 e. The molecule has 1 aromatic carbocycles. The Hall–Kier alpha value is -2.60. The van der Waals surface area contributed by atoms with Crippen molar-refractivity contribution in [3.8, 4) is 0 Å². The van der Waals surface area contributed by atoms with E-state index in [9.17, 15) is 14.4 Å². The van der Waals surface area contributed by atoms with Gasteiger partial charge in [-0.3, -0.25) is 14.4 Å². The molecule has 25 heavy (non-hydrogen) atoms. The highest BCUT2D eigenvalue weighted by Gasteiger charge is 2.11. The molecular formula is C18H20ClN3O3. The van der Waals surface area contributed by atoms with Crippen LogP contribution in [-0.4, -0.2) is 16.4 Å². The van der Waals surface area contributed by atoms with Crippen LogP contribution in [0.5, 0.6) is 0 Å². The molecule has 0 fully saturated rings. The fraction of sp³-hybridized carbons (Fsp3) is 0.278. The normalized spacial score (nSPS) is 10.4. The minimum Gasteiger partial charge on any atom is -0.350 e. The molecule has 0 bridgehead atoms. The van der Waals surface area contributed by atoms with Gasteiger partial charge in [-0.05, 0) is 36.8 Å². The van der Waals surface area contributed by atoms with E-state index in [0.717, 1.165) is 5.56 Å². The minimum atomic E-state index is -0.400. The lowest BCUT2D eigenvalue weighted by Gasteiger charge is -2.13. The monoisotopic (exact) mass is 361 g/mol. The molecule has 1 heterocycles. The van der Waals surface area contributed by atoms with Crippen molar-refractivity contribution in [1.82, 2.24) is 9.88 Å². The Kier molecular flexibility index (Phi) is 6.36. The first-order valence-corrected chi connectivity index (χ1v) is 8.30. The van der Waals surface area contributed by atoms with Crippen LogP contribution in [0.3, 0.4) is 0 Å². The van der Waals surface area contributed by atoms with Crippen molar-refractivity contribution >= 4 is 29.1 Å². The Bertz CT molecular complexity index is 828. The Morgan fingerprint density at radius 1 is 1.08 bits per heavy atom. The van der Waals surface area contributed by atoms with E-state index in [0.29, 0.717) is 17.3 Å². The number of pyridine rings is 1. The van der Waals surface area contributed by atoms with Crippen LogP contribution in [0.25, 0.3) is 0 Å². The van der Waals surface area contributed by atoms with Crippen molar-refractivity contribution in [3.63, 3.8) is 0 Å². The van der Waals surface area contributed by atoms with Crippen molar-refractivity contribution in [1.29, 1.82) is 0 Å². The lowest BCUT2D eigenvalue weighted by molar-refractivity contribution is -0.122. The number of hydrogen-bond acceptors (Lipinski definition) is 3. The zero-order valence-corrected chi connectivity index (χ0v) is 14.9. The topological polar surface area (TPSA) is 80.2 Å². The summed E-state index contributed by atoms with van der Waals surface area (Å²) in [5, 5.41) is 5.94. The van der Waals surface area contributed by atoms with Crippen molar-refractivity contribution in [2.24, 2.45) is 0 Å². The van der Waals surface area contributed by atoms with E-state index < -0.39 is 5.56 Å². The number of benzene rings is 1. The summed E-state index contributed by atoms with van der Waals surface area (Å²) in [4.78, 5) is 36.1. The quantitative estimate of drug-likeness (QED) is 0.829. The van der Waals surface area contributed by atoms with Crippen LogP contribution in [0.2, 0.25) is 5.02 Å². The highest BCUT2D eigenvalue weighted by atomic mass is 35.5. The van der Waals surface area contributed by atoms with Gasteiger partial charge in [0.25, 0.3) is 5.56 Å². The fourth-order valence-electron chi connectivity index (χ4n) is 2.20. The molecule has 2 amide bonds. The van der Waals surface area contributed by atoms with Gasteiger partial charge in [-0.15, -0.1) is 0 Å². The maximum Gasteiger partial charge on any atom is 0.274 e. The number of nitrogens with one attached hydrogen (secondary N) is 2. The van der Waals surface area contributed by atoms with E-state index in [1.165, 1.54) is 4.57 Å². The Labute approximate surface area is 150 Å². The molecule has 2 N–H and O–H groups in total. The number of rotatable bonds is 6. The number of amides is 2. The lowest BCUT2D eigenvalue weighted by Crippen LogP contribution is -2.34. The third-order valence-electron chi connectivity index (χ3n) is 3.69. The van der Waals surface area contributed by atoms with E-state index in [1.54, 1.807) is 38.1 Å². The van der Waals surface area contributed by atoms with Crippen LogP contribution in [0, 0.1) is 6.92 Å². The molecule has 0 aliphatic carbocycles.